The van der Waals surface area contributed by atoms with E-state index in [1.165, 1.54) is 17.1 Å². The van der Waals surface area contributed by atoms with Crippen LogP contribution in [0.3, 0.4) is 0 Å². The van der Waals surface area contributed by atoms with Crippen molar-refractivity contribution in [2.24, 2.45) is 0 Å². The van der Waals surface area contributed by atoms with Gasteiger partial charge in [0.15, 0.2) is 0 Å². The molecule has 4 amide bonds. The highest BCUT2D eigenvalue weighted by Crippen LogP contribution is 2.33. The van der Waals surface area contributed by atoms with Gasteiger partial charge in [-0.2, -0.15) is 5.01 Å². The Bertz CT molecular complexity index is 1430. The molecule has 2 saturated heterocycles. The number of urea groups is 1. The van der Waals surface area contributed by atoms with Crippen LogP contribution >= 0.6 is 0 Å². The van der Waals surface area contributed by atoms with Crippen LogP contribution in [0.15, 0.2) is 84.9 Å². The van der Waals surface area contributed by atoms with E-state index in [2.05, 4.69) is 11.2 Å². The Balaban J connectivity index is 1.51. The smallest absolute Gasteiger partial charge is 0.333 e. The number of hydrogen-bond donors (Lipinski definition) is 1. The zero-order valence-corrected chi connectivity index (χ0v) is 22.8. The number of benzene rings is 3. The third-order valence-electron chi connectivity index (χ3n) is 7.64. The Morgan fingerprint density at radius 1 is 1.00 bits per heavy atom. The monoisotopic (exact) mass is 553 g/mol. The van der Waals surface area contributed by atoms with E-state index in [9.17, 15) is 18.8 Å². The van der Waals surface area contributed by atoms with E-state index in [0.717, 1.165) is 16.7 Å². The number of terminal acetylenes is 1. The van der Waals surface area contributed by atoms with Crippen molar-refractivity contribution in [1.82, 2.24) is 25.1 Å². The molecule has 210 valence electrons. The van der Waals surface area contributed by atoms with Crippen LogP contribution in [0.25, 0.3) is 0 Å². The maximum absolute atomic E-state index is 14.1. The van der Waals surface area contributed by atoms with Crippen molar-refractivity contribution in [3.63, 3.8) is 0 Å². The third kappa shape index (κ3) is 5.93. The molecule has 0 aromatic heterocycles. The summed E-state index contributed by atoms with van der Waals surface area (Å²) in [5, 5.41) is 6.00. The van der Waals surface area contributed by atoms with Crippen molar-refractivity contribution in [3.8, 4) is 12.3 Å². The average molecular weight is 554 g/mol. The summed E-state index contributed by atoms with van der Waals surface area (Å²) in [6.45, 7) is 2.12. The van der Waals surface area contributed by atoms with Gasteiger partial charge in [-0.15, -0.1) is 6.42 Å². The molecule has 8 nitrogen and oxygen atoms in total. The van der Waals surface area contributed by atoms with Gasteiger partial charge in [-0.1, -0.05) is 78.7 Å². The van der Waals surface area contributed by atoms with E-state index < -0.39 is 24.3 Å². The zero-order chi connectivity index (χ0) is 28.9. The van der Waals surface area contributed by atoms with Crippen molar-refractivity contribution < 1.29 is 18.8 Å². The first-order valence-electron chi connectivity index (χ1n) is 13.6. The molecule has 9 heteroatoms. The van der Waals surface area contributed by atoms with Crippen LogP contribution in [-0.4, -0.2) is 69.5 Å². The molecule has 1 N–H and O–H groups in total. The first-order chi connectivity index (χ1) is 19.9. The molecule has 0 saturated carbocycles. The minimum Gasteiger partial charge on any atom is -0.333 e. The van der Waals surface area contributed by atoms with Gasteiger partial charge in [0.2, 0.25) is 11.8 Å². The van der Waals surface area contributed by atoms with Crippen LogP contribution in [-0.2, 0) is 22.6 Å². The number of hydrogen-bond acceptors (Lipinski definition) is 4. The molecule has 5 rings (SSSR count). The van der Waals surface area contributed by atoms with E-state index in [0.29, 0.717) is 0 Å². The first-order valence-corrected chi connectivity index (χ1v) is 13.6. The molecule has 3 atom stereocenters. The number of amides is 4. The summed E-state index contributed by atoms with van der Waals surface area (Å²) in [4.78, 5) is 44.7. The summed E-state index contributed by atoms with van der Waals surface area (Å²) in [7, 11) is 0. The summed E-state index contributed by atoms with van der Waals surface area (Å²) < 4.78 is 13.7. The van der Waals surface area contributed by atoms with Gasteiger partial charge in [0.05, 0.1) is 25.7 Å². The van der Waals surface area contributed by atoms with Gasteiger partial charge in [0.25, 0.3) is 0 Å². The fourth-order valence-corrected chi connectivity index (χ4v) is 5.56. The Morgan fingerprint density at radius 3 is 2.27 bits per heavy atom. The highest BCUT2D eigenvalue weighted by atomic mass is 19.1. The number of nitrogens with one attached hydrogen (secondary N) is 1. The molecule has 2 aliphatic heterocycles. The predicted octanol–water partition coefficient (Wildman–Crippen LogP) is 3.57. The topological polar surface area (TPSA) is 76.2 Å². The largest absolute Gasteiger partial charge is 0.334 e. The van der Waals surface area contributed by atoms with Gasteiger partial charge in [0.1, 0.15) is 18.0 Å². The number of halogens is 1. The molecular formula is C32H32FN5O3. The van der Waals surface area contributed by atoms with Crippen LogP contribution in [0.5, 0.6) is 0 Å². The van der Waals surface area contributed by atoms with E-state index in [-0.39, 0.29) is 50.2 Å². The molecule has 0 spiro atoms. The lowest BCUT2D eigenvalue weighted by Gasteiger charge is -2.55. The minimum atomic E-state index is -0.844. The van der Waals surface area contributed by atoms with Gasteiger partial charge >= 0.3 is 6.03 Å². The number of carbonyl (C=O) groups excluding carboxylic acids is 3. The number of fused-ring (bicyclic) bond motifs is 1. The summed E-state index contributed by atoms with van der Waals surface area (Å²) in [5.41, 5.74) is 2.55. The van der Waals surface area contributed by atoms with Crippen molar-refractivity contribution in [2.75, 3.05) is 19.6 Å². The van der Waals surface area contributed by atoms with Gasteiger partial charge in [0, 0.05) is 13.0 Å². The number of nitrogens with zero attached hydrogens (tertiary/aromatic N) is 4. The fraction of sp³-hybridized carbons (Fsp3) is 0.281. The Hall–Kier alpha value is -4.68. The van der Waals surface area contributed by atoms with Crippen molar-refractivity contribution >= 4 is 17.8 Å². The van der Waals surface area contributed by atoms with Crippen molar-refractivity contribution in [1.29, 1.82) is 0 Å². The number of carbonyl (C=O) groups is 3. The van der Waals surface area contributed by atoms with Crippen LogP contribution in [0.1, 0.15) is 29.7 Å². The summed E-state index contributed by atoms with van der Waals surface area (Å²) >= 11 is 0. The van der Waals surface area contributed by atoms with Gasteiger partial charge in [-0.05, 0) is 35.7 Å². The fourth-order valence-electron chi connectivity index (χ4n) is 5.56. The summed E-state index contributed by atoms with van der Waals surface area (Å²) in [6.07, 6.45) is 5.13. The van der Waals surface area contributed by atoms with Crippen molar-refractivity contribution in [2.45, 2.75) is 38.1 Å². The SMILES string of the molecule is C#CCN1CC(=O)N2[C@@H](Cc3ccccc3)C(=O)N(C(C)c3ccc(F)cc3)C[C@@H]2N1C(=O)NCc1ccccc1. The average Bonchev–Trinajstić information content (AvgIpc) is 2.98. The maximum atomic E-state index is 14.1. The molecule has 3 aromatic carbocycles. The predicted molar refractivity (Wildman–Crippen MR) is 152 cm³/mol. The van der Waals surface area contributed by atoms with E-state index in [4.69, 9.17) is 6.42 Å². The number of piperazine rings is 1. The summed E-state index contributed by atoms with van der Waals surface area (Å²) in [5.74, 6) is 1.67. The second-order valence-electron chi connectivity index (χ2n) is 10.2. The second kappa shape index (κ2) is 12.2. The Morgan fingerprint density at radius 2 is 1.63 bits per heavy atom. The highest BCUT2D eigenvalue weighted by Gasteiger charge is 2.52. The lowest BCUT2D eigenvalue weighted by molar-refractivity contribution is -0.190. The number of hydrazine groups is 1. The van der Waals surface area contributed by atoms with E-state index in [1.54, 1.807) is 26.9 Å². The standard InChI is InChI=1S/C32H32FN5O3/c1-3-18-35-22-30(39)37-28(19-24-10-6-4-7-11-24)31(40)36(23(2)26-14-16-27(33)17-15-26)21-29(37)38(35)32(41)34-20-25-12-8-5-9-13-25/h1,4-17,23,28-29H,18-22H2,2H3,(H,34,41)/t23?,28-,29-/m0/s1. The molecular weight excluding hydrogens is 521 g/mol. The van der Waals surface area contributed by atoms with Crippen LogP contribution in [0.4, 0.5) is 9.18 Å². The van der Waals surface area contributed by atoms with Crippen molar-refractivity contribution in [3.05, 3.63) is 107 Å². The zero-order valence-electron chi connectivity index (χ0n) is 22.8. The molecule has 2 aliphatic rings. The first kappa shape index (κ1) is 27.9. The van der Waals surface area contributed by atoms with Crippen LogP contribution < -0.4 is 5.32 Å². The third-order valence-corrected chi connectivity index (χ3v) is 7.64. The molecule has 2 fully saturated rings. The van der Waals surface area contributed by atoms with Gasteiger partial charge in [-0.3, -0.25) is 9.59 Å². The molecule has 0 bridgehead atoms. The molecule has 3 aromatic rings. The van der Waals surface area contributed by atoms with Crippen LogP contribution in [0, 0.1) is 18.2 Å². The van der Waals surface area contributed by atoms with E-state index >= 15 is 0 Å². The quantitative estimate of drug-likeness (QED) is 0.454. The number of rotatable bonds is 7. The summed E-state index contributed by atoms with van der Waals surface area (Å²) in [6, 6.07) is 23.3. The highest BCUT2D eigenvalue weighted by molar-refractivity contribution is 5.92. The molecule has 41 heavy (non-hydrogen) atoms. The lowest BCUT2D eigenvalue weighted by Crippen LogP contribution is -2.76. The molecule has 0 aliphatic carbocycles. The minimum absolute atomic E-state index is 0.0413. The Kier molecular flexibility index (Phi) is 8.31. The molecule has 2 heterocycles. The molecule has 1 unspecified atom stereocenters. The normalized spacial score (nSPS) is 19.9. The lowest BCUT2D eigenvalue weighted by atomic mass is 9.96. The second-order valence-corrected chi connectivity index (χ2v) is 10.2. The van der Waals surface area contributed by atoms with Gasteiger partial charge < -0.3 is 15.1 Å². The Labute approximate surface area is 239 Å². The van der Waals surface area contributed by atoms with Gasteiger partial charge in [-0.25, -0.2) is 14.2 Å². The van der Waals surface area contributed by atoms with Crippen LogP contribution in [0.2, 0.25) is 0 Å². The van der Waals surface area contributed by atoms with E-state index in [1.807, 2.05) is 67.6 Å². The maximum Gasteiger partial charge on any atom is 0.334 e. The molecule has 0 radical (unpaired) electrons.